The van der Waals surface area contributed by atoms with E-state index in [1.165, 1.54) is 11.8 Å². The lowest BCUT2D eigenvalue weighted by Gasteiger charge is -2.29. The van der Waals surface area contributed by atoms with Gasteiger partial charge in [-0.15, -0.1) is 0 Å². The second-order valence-electron chi connectivity index (χ2n) is 10.0. The van der Waals surface area contributed by atoms with Crippen molar-refractivity contribution >= 4 is 17.6 Å². The van der Waals surface area contributed by atoms with Gasteiger partial charge in [0.1, 0.15) is 24.2 Å². The summed E-state index contributed by atoms with van der Waals surface area (Å²) in [5.74, 6) is -0.607. The molecule has 8 nitrogen and oxygen atoms in total. The largest absolute Gasteiger partial charge is 0.489 e. The summed E-state index contributed by atoms with van der Waals surface area (Å²) in [5.41, 5.74) is 4.25. The average Bonchev–Trinajstić information content (AvgIpc) is 3.40. The van der Waals surface area contributed by atoms with E-state index in [0.29, 0.717) is 31.1 Å². The minimum Gasteiger partial charge on any atom is -0.489 e. The van der Waals surface area contributed by atoms with Crippen molar-refractivity contribution in [1.29, 1.82) is 0 Å². The normalized spacial score (nSPS) is 14.6. The molecule has 1 aliphatic heterocycles. The predicted octanol–water partition coefficient (Wildman–Crippen LogP) is 5.88. The Kier molecular flexibility index (Phi) is 7.96. The maximum Gasteiger partial charge on any atom is 0.410 e. The van der Waals surface area contributed by atoms with Crippen LogP contribution in [-0.4, -0.2) is 45.9 Å². The maximum atomic E-state index is 12.3. The molecule has 1 aromatic heterocycles. The Morgan fingerprint density at radius 1 is 1.14 bits per heavy atom. The highest BCUT2D eigenvalue weighted by Gasteiger charge is 2.24. The van der Waals surface area contributed by atoms with Crippen LogP contribution in [0.25, 0.3) is 5.57 Å². The van der Waals surface area contributed by atoms with Crippen LogP contribution in [0, 0.1) is 0 Å². The fourth-order valence-electron chi connectivity index (χ4n) is 4.22. The zero-order valence-corrected chi connectivity index (χ0v) is 21.3. The molecule has 8 heteroatoms. The van der Waals surface area contributed by atoms with E-state index < -0.39 is 17.5 Å². The van der Waals surface area contributed by atoms with Crippen molar-refractivity contribution in [3.63, 3.8) is 0 Å². The highest BCUT2D eigenvalue weighted by atomic mass is 16.6. The van der Waals surface area contributed by atoms with E-state index >= 15 is 0 Å². The predicted molar refractivity (Wildman–Crippen MR) is 138 cm³/mol. The molecule has 3 aromatic rings. The third-order valence-corrected chi connectivity index (χ3v) is 6.04. The topological polar surface area (TPSA) is 102 Å². The molecular weight excluding hydrogens is 472 g/mol. The van der Waals surface area contributed by atoms with Crippen LogP contribution in [0.1, 0.15) is 61.9 Å². The van der Waals surface area contributed by atoms with Crippen LogP contribution in [0.5, 0.6) is 5.75 Å². The molecule has 0 fully saturated rings. The van der Waals surface area contributed by atoms with Crippen LogP contribution in [0.2, 0.25) is 0 Å². The zero-order valence-electron chi connectivity index (χ0n) is 21.3. The maximum absolute atomic E-state index is 12.3. The Hall–Kier alpha value is -4.07. The molecule has 1 unspecified atom stereocenters. The van der Waals surface area contributed by atoms with Gasteiger partial charge in [-0.3, -0.25) is 4.79 Å². The van der Waals surface area contributed by atoms with Gasteiger partial charge in [0, 0.05) is 25.1 Å². The van der Waals surface area contributed by atoms with Gasteiger partial charge in [-0.2, -0.15) is 0 Å². The molecule has 2 heterocycles. The number of ether oxygens (including phenoxy) is 2. The second-order valence-corrected chi connectivity index (χ2v) is 10.0. The Bertz CT molecular complexity index is 1240. The number of benzene rings is 2. The molecule has 0 saturated carbocycles. The summed E-state index contributed by atoms with van der Waals surface area (Å²) in [6.07, 6.45) is 3.91. The summed E-state index contributed by atoms with van der Waals surface area (Å²) in [7, 11) is 0. The van der Waals surface area contributed by atoms with Crippen molar-refractivity contribution in [2.24, 2.45) is 0 Å². The monoisotopic (exact) mass is 504 g/mol. The van der Waals surface area contributed by atoms with E-state index in [9.17, 15) is 14.7 Å². The van der Waals surface area contributed by atoms with Gasteiger partial charge in [-0.1, -0.05) is 41.6 Å². The molecule has 4 rings (SSSR count). The van der Waals surface area contributed by atoms with E-state index in [-0.39, 0.29) is 12.5 Å². The van der Waals surface area contributed by atoms with Crippen molar-refractivity contribution in [2.45, 2.75) is 51.7 Å². The number of carbonyl (C=O) groups excluding carboxylic acids is 1. The van der Waals surface area contributed by atoms with Crippen LogP contribution in [0.15, 0.2) is 71.5 Å². The number of hydrogen-bond acceptors (Lipinski definition) is 6. The molecule has 194 valence electrons. The minimum absolute atomic E-state index is 0.0785. The number of carboxylic acids is 1. The number of amides is 1. The number of nitrogens with zero attached hydrogens (tertiary/aromatic N) is 2. The Labute approximate surface area is 216 Å². The molecule has 0 bridgehead atoms. The molecule has 37 heavy (non-hydrogen) atoms. The minimum atomic E-state index is -0.904. The summed E-state index contributed by atoms with van der Waals surface area (Å²) >= 11 is 0. The van der Waals surface area contributed by atoms with Crippen LogP contribution in [-0.2, 0) is 16.1 Å². The van der Waals surface area contributed by atoms with Crippen molar-refractivity contribution in [3.8, 4) is 5.75 Å². The molecule has 1 N–H and O–H groups in total. The third-order valence-electron chi connectivity index (χ3n) is 6.04. The number of hydrogen-bond donors (Lipinski definition) is 1. The Balaban J connectivity index is 1.36. The zero-order chi connectivity index (χ0) is 26.4. The number of rotatable bonds is 8. The highest BCUT2D eigenvalue weighted by molar-refractivity contribution is 5.73. The number of carboxylic acid groups (broad SMARTS) is 1. The van der Waals surface area contributed by atoms with Crippen LogP contribution < -0.4 is 4.74 Å². The fourth-order valence-corrected chi connectivity index (χ4v) is 4.22. The molecule has 1 atom stereocenters. The van der Waals surface area contributed by atoms with E-state index in [1.54, 1.807) is 11.0 Å². The van der Waals surface area contributed by atoms with Crippen LogP contribution >= 0.6 is 0 Å². The SMILES string of the molecule is CC(C)(C)OC(=O)N1CC=C(c2cccc(COc3ccc(C(CC(=O)O)c4ccon4)cc3)c2)CC1. The smallest absolute Gasteiger partial charge is 0.410 e. The van der Waals surface area contributed by atoms with Gasteiger partial charge in [-0.05, 0) is 67.7 Å². The lowest BCUT2D eigenvalue weighted by atomic mass is 9.92. The quantitative estimate of drug-likeness (QED) is 0.408. The molecule has 0 saturated heterocycles. The number of aliphatic carboxylic acids is 1. The van der Waals surface area contributed by atoms with Gasteiger partial charge in [0.25, 0.3) is 0 Å². The molecule has 0 radical (unpaired) electrons. The van der Waals surface area contributed by atoms with E-state index in [1.807, 2.05) is 57.2 Å². The van der Waals surface area contributed by atoms with Gasteiger partial charge in [0.2, 0.25) is 0 Å². The van der Waals surface area contributed by atoms with Gasteiger partial charge in [0.15, 0.2) is 0 Å². The lowest BCUT2D eigenvalue weighted by Crippen LogP contribution is -2.39. The van der Waals surface area contributed by atoms with E-state index in [4.69, 9.17) is 14.0 Å². The van der Waals surface area contributed by atoms with E-state index in [2.05, 4.69) is 23.4 Å². The standard InChI is InChI=1S/C29H32N2O6/c1-29(2,3)37-28(34)31-14-11-21(12-15-31)23-6-4-5-20(17-23)19-35-24-9-7-22(8-10-24)25(18-27(32)33)26-13-16-36-30-26/h4-11,13,16-17,25H,12,14-15,18-19H2,1-3H3,(H,32,33). The molecule has 1 amide bonds. The Morgan fingerprint density at radius 3 is 2.54 bits per heavy atom. The van der Waals surface area contributed by atoms with Crippen molar-refractivity contribution in [2.75, 3.05) is 13.1 Å². The summed E-state index contributed by atoms with van der Waals surface area (Å²) in [4.78, 5) is 25.4. The van der Waals surface area contributed by atoms with Gasteiger partial charge in [-0.25, -0.2) is 4.79 Å². The number of carbonyl (C=O) groups is 2. The second kappa shape index (κ2) is 11.3. The van der Waals surface area contributed by atoms with Crippen molar-refractivity contribution < 1.29 is 28.7 Å². The first-order valence-corrected chi connectivity index (χ1v) is 12.3. The molecule has 0 spiro atoms. The summed E-state index contributed by atoms with van der Waals surface area (Å²) < 4.78 is 16.4. The van der Waals surface area contributed by atoms with Crippen LogP contribution in [0.3, 0.4) is 0 Å². The summed E-state index contributed by atoms with van der Waals surface area (Å²) in [6.45, 7) is 7.14. The number of aromatic nitrogens is 1. The summed E-state index contributed by atoms with van der Waals surface area (Å²) in [6, 6.07) is 17.3. The first-order chi connectivity index (χ1) is 17.7. The van der Waals surface area contributed by atoms with Crippen LogP contribution in [0.4, 0.5) is 4.79 Å². The first kappa shape index (κ1) is 26.0. The lowest BCUT2D eigenvalue weighted by molar-refractivity contribution is -0.137. The first-order valence-electron chi connectivity index (χ1n) is 12.3. The molecule has 0 aliphatic carbocycles. The molecule has 1 aliphatic rings. The highest BCUT2D eigenvalue weighted by Crippen LogP contribution is 2.29. The summed E-state index contributed by atoms with van der Waals surface area (Å²) in [5, 5.41) is 13.2. The Morgan fingerprint density at radius 2 is 1.92 bits per heavy atom. The average molecular weight is 505 g/mol. The fraction of sp³-hybridized carbons (Fsp3) is 0.345. The van der Waals surface area contributed by atoms with Gasteiger partial charge in [0.05, 0.1) is 12.1 Å². The molecular formula is C29H32N2O6. The molecule has 2 aromatic carbocycles. The van der Waals surface area contributed by atoms with Gasteiger partial charge >= 0.3 is 12.1 Å². The van der Waals surface area contributed by atoms with Crippen molar-refractivity contribution in [1.82, 2.24) is 10.1 Å². The van der Waals surface area contributed by atoms with Crippen molar-refractivity contribution in [3.05, 3.63) is 89.3 Å². The van der Waals surface area contributed by atoms with E-state index in [0.717, 1.165) is 23.1 Å². The van der Waals surface area contributed by atoms with Gasteiger partial charge < -0.3 is 24.0 Å². The third kappa shape index (κ3) is 7.22.